The number of para-hydroxylation sites is 2. The Balaban J connectivity index is 1.45. The van der Waals surface area contributed by atoms with Crippen LogP contribution in [0.15, 0.2) is 24.3 Å². The monoisotopic (exact) mass is 414 g/mol. The molecule has 0 aromatic heterocycles. The second-order valence-electron chi connectivity index (χ2n) is 9.44. The van der Waals surface area contributed by atoms with Gasteiger partial charge in [-0.15, -0.1) is 0 Å². The number of benzene rings is 1. The van der Waals surface area contributed by atoms with Gasteiger partial charge >= 0.3 is 5.97 Å². The van der Waals surface area contributed by atoms with Gasteiger partial charge < -0.3 is 20.1 Å². The topological polar surface area (TPSA) is 93.7 Å². The van der Waals surface area contributed by atoms with Crippen molar-refractivity contribution in [1.29, 1.82) is 0 Å². The summed E-state index contributed by atoms with van der Waals surface area (Å²) in [5, 5.41) is 5.92. The first-order valence-electron chi connectivity index (χ1n) is 10.7. The minimum atomic E-state index is -0.924. The number of hydrogen-bond acceptors (Lipinski definition) is 5. The lowest BCUT2D eigenvalue weighted by Crippen LogP contribution is -2.65. The van der Waals surface area contributed by atoms with Gasteiger partial charge in [0.15, 0.2) is 6.10 Å². The maximum atomic E-state index is 13.3. The number of anilines is 1. The summed E-state index contributed by atoms with van der Waals surface area (Å²) >= 11 is 0. The lowest BCUT2D eigenvalue weighted by molar-refractivity contribution is -0.181. The van der Waals surface area contributed by atoms with Gasteiger partial charge in [-0.05, 0) is 69.4 Å². The number of methoxy groups -OCH3 is 1. The quantitative estimate of drug-likeness (QED) is 0.698. The molecule has 0 aliphatic heterocycles. The average molecular weight is 415 g/mol. The van der Waals surface area contributed by atoms with Gasteiger partial charge in [-0.3, -0.25) is 14.4 Å². The molecule has 0 spiro atoms. The summed E-state index contributed by atoms with van der Waals surface area (Å²) in [4.78, 5) is 37.7. The molecule has 4 saturated carbocycles. The predicted octanol–water partition coefficient (Wildman–Crippen LogP) is 3.04. The highest BCUT2D eigenvalue weighted by molar-refractivity contribution is 5.96. The van der Waals surface area contributed by atoms with Gasteiger partial charge in [-0.2, -0.15) is 0 Å². The molecule has 7 heteroatoms. The van der Waals surface area contributed by atoms with Crippen molar-refractivity contribution in [3.8, 4) is 5.75 Å². The first-order chi connectivity index (χ1) is 14.2. The molecule has 4 aliphatic carbocycles. The number of rotatable bonds is 6. The van der Waals surface area contributed by atoms with Gasteiger partial charge in [0.25, 0.3) is 5.91 Å². The highest BCUT2D eigenvalue weighted by atomic mass is 16.5. The van der Waals surface area contributed by atoms with E-state index in [2.05, 4.69) is 10.6 Å². The number of esters is 1. The molecule has 4 aliphatic rings. The Morgan fingerprint density at radius 1 is 1.10 bits per heavy atom. The van der Waals surface area contributed by atoms with Gasteiger partial charge in [0.2, 0.25) is 5.91 Å². The Morgan fingerprint density at radius 3 is 2.40 bits per heavy atom. The van der Waals surface area contributed by atoms with Crippen LogP contribution in [0.3, 0.4) is 0 Å². The van der Waals surface area contributed by atoms with Crippen LogP contribution in [0.4, 0.5) is 5.69 Å². The number of carbonyl (C=O) groups is 3. The van der Waals surface area contributed by atoms with E-state index in [0.29, 0.717) is 29.7 Å². The van der Waals surface area contributed by atoms with Crippen molar-refractivity contribution in [3.05, 3.63) is 24.3 Å². The molecule has 162 valence electrons. The summed E-state index contributed by atoms with van der Waals surface area (Å²) in [6.45, 7) is 3.13. The first kappa shape index (κ1) is 20.7. The summed E-state index contributed by atoms with van der Waals surface area (Å²) in [5.41, 5.74) is -0.379. The van der Waals surface area contributed by atoms with Crippen molar-refractivity contribution in [1.82, 2.24) is 5.32 Å². The van der Waals surface area contributed by atoms with Crippen molar-refractivity contribution in [3.63, 3.8) is 0 Å². The van der Waals surface area contributed by atoms with Crippen molar-refractivity contribution in [2.75, 3.05) is 12.4 Å². The zero-order chi connectivity index (χ0) is 21.5. The van der Waals surface area contributed by atoms with Gasteiger partial charge in [-0.25, -0.2) is 0 Å². The van der Waals surface area contributed by atoms with E-state index in [1.54, 1.807) is 25.1 Å². The van der Waals surface area contributed by atoms with Crippen LogP contribution in [0.25, 0.3) is 0 Å². The molecular weight excluding hydrogens is 384 g/mol. The van der Waals surface area contributed by atoms with E-state index in [1.165, 1.54) is 14.0 Å². The highest BCUT2D eigenvalue weighted by Gasteiger charge is 2.61. The summed E-state index contributed by atoms with van der Waals surface area (Å²) in [5.74, 6) is 0.627. The Hall–Kier alpha value is -2.57. The Bertz CT molecular complexity index is 853. The van der Waals surface area contributed by atoms with Crippen LogP contribution in [-0.4, -0.2) is 36.5 Å². The molecule has 3 atom stereocenters. The smallest absolute Gasteiger partial charge is 0.312 e. The van der Waals surface area contributed by atoms with Crippen LogP contribution >= 0.6 is 0 Å². The third kappa shape index (κ3) is 3.77. The van der Waals surface area contributed by atoms with Crippen molar-refractivity contribution in [2.45, 2.75) is 64.0 Å². The molecule has 0 radical (unpaired) electrons. The zero-order valence-corrected chi connectivity index (χ0v) is 17.8. The Kier molecular flexibility index (Phi) is 5.24. The number of ether oxygens (including phenoxy) is 2. The standard InChI is InChI=1S/C23H30N2O5/c1-14(20(27)24-18-6-4-5-7-19(18)29-3)30-21(28)22-9-16-8-17(10-22)12-23(11-16,13-22)25-15(2)26/h4-7,14,16-17H,8-13H2,1-3H3,(H,24,27)(H,25,26)/t14-,16-,17-,22?,23?/m1/s1. The maximum absolute atomic E-state index is 13.3. The molecule has 4 bridgehead atoms. The molecule has 2 amide bonds. The van der Waals surface area contributed by atoms with Gasteiger partial charge in [-0.1, -0.05) is 12.1 Å². The normalized spacial score (nSPS) is 32.2. The van der Waals surface area contributed by atoms with Crippen LogP contribution in [0, 0.1) is 17.3 Å². The average Bonchev–Trinajstić information content (AvgIpc) is 2.66. The van der Waals surface area contributed by atoms with Crippen LogP contribution in [-0.2, 0) is 19.1 Å². The molecule has 1 aromatic carbocycles. The fourth-order valence-corrected chi connectivity index (χ4v) is 6.34. The third-order valence-corrected chi connectivity index (χ3v) is 6.95. The van der Waals surface area contributed by atoms with E-state index in [9.17, 15) is 14.4 Å². The predicted molar refractivity (Wildman–Crippen MR) is 111 cm³/mol. The Morgan fingerprint density at radius 2 is 1.77 bits per heavy atom. The fraction of sp³-hybridized carbons (Fsp3) is 0.609. The zero-order valence-electron chi connectivity index (χ0n) is 17.8. The number of amides is 2. The van der Waals surface area contributed by atoms with Crippen molar-refractivity contribution >= 4 is 23.5 Å². The summed E-state index contributed by atoms with van der Waals surface area (Å²) in [7, 11) is 1.53. The molecule has 2 N–H and O–H groups in total. The highest BCUT2D eigenvalue weighted by Crippen LogP contribution is 2.62. The lowest BCUT2D eigenvalue weighted by atomic mass is 9.47. The molecule has 0 unspecified atom stereocenters. The minimum absolute atomic E-state index is 0.0509. The SMILES string of the molecule is COc1ccccc1NC(=O)[C@@H](C)OC(=O)C12C[C@H]3C[C@@H](CC(NC(C)=O)(C3)C1)C2. The van der Waals surface area contributed by atoms with Crippen LogP contribution in [0.2, 0.25) is 0 Å². The second kappa shape index (κ2) is 7.60. The molecular formula is C23H30N2O5. The number of hydrogen-bond donors (Lipinski definition) is 2. The largest absolute Gasteiger partial charge is 0.495 e. The van der Waals surface area contributed by atoms with Gasteiger partial charge in [0, 0.05) is 12.5 Å². The second-order valence-corrected chi connectivity index (χ2v) is 9.44. The van der Waals surface area contributed by atoms with Gasteiger partial charge in [0.05, 0.1) is 18.2 Å². The molecule has 0 saturated heterocycles. The first-order valence-corrected chi connectivity index (χ1v) is 10.7. The van der Waals surface area contributed by atoms with E-state index >= 15 is 0 Å². The van der Waals surface area contributed by atoms with Crippen LogP contribution in [0.5, 0.6) is 5.75 Å². The van der Waals surface area contributed by atoms with Crippen LogP contribution in [0.1, 0.15) is 52.4 Å². The summed E-state index contributed by atoms with van der Waals surface area (Å²) in [6, 6.07) is 7.10. The number of nitrogens with one attached hydrogen (secondary N) is 2. The Labute approximate surface area is 176 Å². The molecule has 5 rings (SSSR count). The molecule has 4 fully saturated rings. The molecule has 1 aromatic rings. The van der Waals surface area contributed by atoms with Crippen LogP contribution < -0.4 is 15.4 Å². The van der Waals surface area contributed by atoms with E-state index in [-0.39, 0.29) is 17.4 Å². The molecule has 0 heterocycles. The van der Waals surface area contributed by atoms with Crippen molar-refractivity contribution < 1.29 is 23.9 Å². The van der Waals surface area contributed by atoms with E-state index in [0.717, 1.165) is 32.1 Å². The fourth-order valence-electron chi connectivity index (χ4n) is 6.34. The maximum Gasteiger partial charge on any atom is 0.312 e. The number of carbonyl (C=O) groups excluding carboxylic acids is 3. The third-order valence-electron chi connectivity index (χ3n) is 6.95. The van der Waals surface area contributed by atoms with E-state index < -0.39 is 17.4 Å². The van der Waals surface area contributed by atoms with E-state index in [4.69, 9.17) is 9.47 Å². The summed E-state index contributed by atoms with van der Waals surface area (Å²) < 4.78 is 10.9. The summed E-state index contributed by atoms with van der Waals surface area (Å²) in [6.07, 6.45) is 4.22. The van der Waals surface area contributed by atoms with Crippen molar-refractivity contribution in [2.24, 2.45) is 17.3 Å². The lowest BCUT2D eigenvalue weighted by Gasteiger charge is -2.60. The minimum Gasteiger partial charge on any atom is -0.495 e. The van der Waals surface area contributed by atoms with Gasteiger partial charge in [0.1, 0.15) is 5.75 Å². The van der Waals surface area contributed by atoms with E-state index in [1.807, 2.05) is 6.07 Å². The molecule has 7 nitrogen and oxygen atoms in total. The molecule has 30 heavy (non-hydrogen) atoms.